The molecule has 0 bridgehead atoms. The van der Waals surface area contributed by atoms with Crippen molar-refractivity contribution < 1.29 is 0 Å². The van der Waals surface area contributed by atoms with E-state index in [1.807, 2.05) is 29.9 Å². The Morgan fingerprint density at radius 2 is 2.19 bits per heavy atom. The highest BCUT2D eigenvalue weighted by Crippen LogP contribution is 2.16. The predicted octanol–water partition coefficient (Wildman–Crippen LogP) is 2.98. The van der Waals surface area contributed by atoms with E-state index in [1.54, 1.807) is 17.5 Å². The standard InChI is InChI=1S/C15H17N5S/c1-11(10-12-4-3-9-21-12)17-14-6-5-13(18-19-14)15-16-7-8-20(15)2/h3-9,11H,10H2,1-2H3,(H,17,19)/t11-/m1/s1. The van der Waals surface area contributed by atoms with Gasteiger partial charge in [-0.15, -0.1) is 21.5 Å². The van der Waals surface area contributed by atoms with Crippen LogP contribution in [0.1, 0.15) is 11.8 Å². The summed E-state index contributed by atoms with van der Waals surface area (Å²) in [5, 5.41) is 13.9. The van der Waals surface area contributed by atoms with E-state index in [0.29, 0.717) is 6.04 Å². The van der Waals surface area contributed by atoms with Crippen molar-refractivity contribution in [1.29, 1.82) is 0 Å². The van der Waals surface area contributed by atoms with Gasteiger partial charge in [-0.3, -0.25) is 0 Å². The van der Waals surface area contributed by atoms with Crippen LogP contribution in [0.5, 0.6) is 0 Å². The molecule has 0 aromatic carbocycles. The quantitative estimate of drug-likeness (QED) is 0.787. The molecule has 1 atom stereocenters. The van der Waals surface area contributed by atoms with E-state index in [-0.39, 0.29) is 0 Å². The van der Waals surface area contributed by atoms with Crippen molar-refractivity contribution >= 4 is 17.2 Å². The summed E-state index contributed by atoms with van der Waals surface area (Å²) in [6, 6.07) is 8.43. The summed E-state index contributed by atoms with van der Waals surface area (Å²) in [7, 11) is 1.94. The summed E-state index contributed by atoms with van der Waals surface area (Å²) in [6.45, 7) is 2.15. The Morgan fingerprint density at radius 1 is 1.29 bits per heavy atom. The van der Waals surface area contributed by atoms with Gasteiger partial charge in [0.1, 0.15) is 11.5 Å². The number of aryl methyl sites for hydroxylation is 1. The SMILES string of the molecule is C[C@H](Cc1cccs1)Nc1ccc(-c2nccn2C)nn1. The van der Waals surface area contributed by atoms with Gasteiger partial charge in [-0.1, -0.05) is 6.07 Å². The van der Waals surface area contributed by atoms with Crippen LogP contribution in [0, 0.1) is 0 Å². The molecule has 0 aliphatic carbocycles. The van der Waals surface area contributed by atoms with Crippen molar-refractivity contribution in [3.8, 4) is 11.5 Å². The summed E-state index contributed by atoms with van der Waals surface area (Å²) in [4.78, 5) is 5.64. The van der Waals surface area contributed by atoms with Crippen molar-refractivity contribution in [2.45, 2.75) is 19.4 Å². The van der Waals surface area contributed by atoms with Gasteiger partial charge in [0.25, 0.3) is 0 Å². The Kier molecular flexibility index (Phi) is 3.96. The molecule has 5 nitrogen and oxygen atoms in total. The van der Waals surface area contributed by atoms with Crippen LogP contribution in [0.3, 0.4) is 0 Å². The summed E-state index contributed by atoms with van der Waals surface area (Å²) in [5.41, 5.74) is 0.777. The normalized spacial score (nSPS) is 12.3. The number of hydrogen-bond acceptors (Lipinski definition) is 5. The lowest BCUT2D eigenvalue weighted by Gasteiger charge is -2.13. The number of nitrogens with zero attached hydrogens (tertiary/aromatic N) is 4. The predicted molar refractivity (Wildman–Crippen MR) is 85.3 cm³/mol. The molecule has 1 N–H and O–H groups in total. The fourth-order valence-electron chi connectivity index (χ4n) is 2.17. The van der Waals surface area contributed by atoms with Gasteiger partial charge in [0, 0.05) is 36.8 Å². The molecule has 21 heavy (non-hydrogen) atoms. The molecule has 6 heteroatoms. The van der Waals surface area contributed by atoms with E-state index in [2.05, 4.69) is 44.9 Å². The summed E-state index contributed by atoms with van der Waals surface area (Å²) in [5.74, 6) is 1.61. The molecule has 3 aromatic rings. The molecule has 3 aromatic heterocycles. The fraction of sp³-hybridized carbons (Fsp3) is 0.267. The van der Waals surface area contributed by atoms with E-state index >= 15 is 0 Å². The Labute approximate surface area is 127 Å². The first kappa shape index (κ1) is 13.8. The Hall–Kier alpha value is -2.21. The first-order valence-corrected chi connectivity index (χ1v) is 7.70. The van der Waals surface area contributed by atoms with Gasteiger partial charge in [0.15, 0.2) is 5.82 Å². The van der Waals surface area contributed by atoms with Gasteiger partial charge in [-0.05, 0) is 30.5 Å². The minimum atomic E-state index is 0.317. The maximum Gasteiger partial charge on any atom is 0.160 e. The molecule has 0 saturated heterocycles. The molecule has 0 amide bonds. The second kappa shape index (κ2) is 6.05. The monoisotopic (exact) mass is 299 g/mol. The molecule has 108 valence electrons. The highest BCUT2D eigenvalue weighted by molar-refractivity contribution is 7.09. The lowest BCUT2D eigenvalue weighted by Crippen LogP contribution is -2.18. The maximum absolute atomic E-state index is 4.27. The molecule has 0 unspecified atom stereocenters. The van der Waals surface area contributed by atoms with Gasteiger partial charge in [0.2, 0.25) is 0 Å². The van der Waals surface area contributed by atoms with Gasteiger partial charge in [-0.25, -0.2) is 4.98 Å². The Bertz CT molecular complexity index is 687. The zero-order valence-electron chi connectivity index (χ0n) is 12.0. The van der Waals surface area contributed by atoms with Crippen LogP contribution in [0.15, 0.2) is 42.0 Å². The number of imidazole rings is 1. The van der Waals surface area contributed by atoms with E-state index < -0.39 is 0 Å². The molecule has 0 spiro atoms. The zero-order valence-corrected chi connectivity index (χ0v) is 12.8. The molecular formula is C15H17N5S. The van der Waals surface area contributed by atoms with Crippen molar-refractivity contribution in [2.24, 2.45) is 7.05 Å². The Balaban J connectivity index is 1.66. The lowest BCUT2D eigenvalue weighted by atomic mass is 10.2. The number of rotatable bonds is 5. The maximum atomic E-state index is 4.27. The van der Waals surface area contributed by atoms with Crippen LogP contribution >= 0.6 is 11.3 Å². The molecular weight excluding hydrogens is 282 g/mol. The van der Waals surface area contributed by atoms with E-state index in [1.165, 1.54) is 4.88 Å². The molecule has 0 aliphatic rings. The summed E-state index contributed by atoms with van der Waals surface area (Å²) >= 11 is 1.78. The molecule has 0 fully saturated rings. The highest BCUT2D eigenvalue weighted by atomic mass is 32.1. The molecule has 0 radical (unpaired) electrons. The second-order valence-corrected chi connectivity index (χ2v) is 6.03. The number of nitrogens with one attached hydrogen (secondary N) is 1. The van der Waals surface area contributed by atoms with E-state index in [0.717, 1.165) is 23.8 Å². The largest absolute Gasteiger partial charge is 0.366 e. The number of anilines is 1. The average molecular weight is 299 g/mol. The first-order chi connectivity index (χ1) is 10.2. The van der Waals surface area contributed by atoms with Crippen LogP contribution < -0.4 is 5.32 Å². The van der Waals surface area contributed by atoms with Crippen molar-refractivity contribution in [3.63, 3.8) is 0 Å². The van der Waals surface area contributed by atoms with Crippen molar-refractivity contribution in [1.82, 2.24) is 19.7 Å². The van der Waals surface area contributed by atoms with Crippen LogP contribution in [0.4, 0.5) is 5.82 Å². The summed E-state index contributed by atoms with van der Waals surface area (Å²) in [6.07, 6.45) is 4.64. The van der Waals surface area contributed by atoms with Crippen LogP contribution in [-0.4, -0.2) is 25.8 Å². The summed E-state index contributed by atoms with van der Waals surface area (Å²) < 4.78 is 1.93. The number of thiophene rings is 1. The second-order valence-electron chi connectivity index (χ2n) is 4.99. The smallest absolute Gasteiger partial charge is 0.160 e. The van der Waals surface area contributed by atoms with Crippen LogP contribution in [0.25, 0.3) is 11.5 Å². The third-order valence-electron chi connectivity index (χ3n) is 3.20. The molecule has 3 heterocycles. The minimum absolute atomic E-state index is 0.317. The minimum Gasteiger partial charge on any atom is -0.366 e. The van der Waals surface area contributed by atoms with Gasteiger partial charge in [0.05, 0.1) is 0 Å². The van der Waals surface area contributed by atoms with Crippen LogP contribution in [0.2, 0.25) is 0 Å². The third-order valence-corrected chi connectivity index (χ3v) is 4.10. The van der Waals surface area contributed by atoms with Crippen LogP contribution in [-0.2, 0) is 13.5 Å². The topological polar surface area (TPSA) is 55.6 Å². The van der Waals surface area contributed by atoms with Crippen molar-refractivity contribution in [3.05, 3.63) is 46.9 Å². The number of aromatic nitrogens is 4. The fourth-order valence-corrected chi connectivity index (χ4v) is 3.01. The van der Waals surface area contributed by atoms with E-state index in [4.69, 9.17) is 0 Å². The molecule has 0 saturated carbocycles. The molecule has 0 aliphatic heterocycles. The average Bonchev–Trinajstić information content (AvgIpc) is 3.11. The zero-order chi connectivity index (χ0) is 14.7. The first-order valence-electron chi connectivity index (χ1n) is 6.83. The Morgan fingerprint density at radius 3 is 2.81 bits per heavy atom. The third kappa shape index (κ3) is 3.28. The molecule has 3 rings (SSSR count). The van der Waals surface area contributed by atoms with Gasteiger partial charge < -0.3 is 9.88 Å². The van der Waals surface area contributed by atoms with Crippen molar-refractivity contribution in [2.75, 3.05) is 5.32 Å². The number of hydrogen-bond donors (Lipinski definition) is 1. The van der Waals surface area contributed by atoms with E-state index in [9.17, 15) is 0 Å². The lowest BCUT2D eigenvalue weighted by molar-refractivity contribution is 0.788. The van der Waals surface area contributed by atoms with Gasteiger partial charge in [-0.2, -0.15) is 0 Å². The van der Waals surface area contributed by atoms with Gasteiger partial charge >= 0.3 is 0 Å². The highest BCUT2D eigenvalue weighted by Gasteiger charge is 2.08.